The standard InChI is InChI=1S/C34H38N2O7/c1-3-42-27-13-10-25(11-14-27)32(37)30-31(36(34(39)33(30)38)17-7-16-35-18-20-41-21-19-35)26-12-15-28(29(22-26)40-2)43-23-24-8-5-4-6-9-24/h4-6,8-15,22,31,37H,3,7,16-21,23H2,1-2H3. The summed E-state index contributed by atoms with van der Waals surface area (Å²) in [6.45, 7) is 6.91. The van der Waals surface area contributed by atoms with E-state index in [1.54, 1.807) is 48.4 Å². The van der Waals surface area contributed by atoms with Gasteiger partial charge in [0.15, 0.2) is 11.5 Å². The van der Waals surface area contributed by atoms with Crippen LogP contribution in [0.25, 0.3) is 5.76 Å². The lowest BCUT2D eigenvalue weighted by atomic mass is 9.95. The van der Waals surface area contributed by atoms with Crippen LogP contribution >= 0.6 is 0 Å². The highest BCUT2D eigenvalue weighted by molar-refractivity contribution is 6.46. The third kappa shape index (κ3) is 7.01. The van der Waals surface area contributed by atoms with E-state index in [9.17, 15) is 14.7 Å². The number of carbonyl (C=O) groups excluding carboxylic acids is 2. The van der Waals surface area contributed by atoms with Crippen LogP contribution in [-0.2, 0) is 20.9 Å². The molecular formula is C34H38N2O7. The fraction of sp³-hybridized carbons (Fsp3) is 0.353. The third-order valence-electron chi connectivity index (χ3n) is 7.70. The molecule has 0 saturated carbocycles. The van der Waals surface area contributed by atoms with Crippen molar-refractivity contribution >= 4 is 17.4 Å². The topological polar surface area (TPSA) is 97.8 Å². The highest BCUT2D eigenvalue weighted by Crippen LogP contribution is 2.42. The molecule has 0 bridgehead atoms. The van der Waals surface area contributed by atoms with E-state index in [0.29, 0.717) is 67.8 Å². The van der Waals surface area contributed by atoms with E-state index in [0.717, 1.165) is 25.2 Å². The molecule has 1 unspecified atom stereocenters. The van der Waals surface area contributed by atoms with E-state index in [1.165, 1.54) is 0 Å². The zero-order valence-electron chi connectivity index (χ0n) is 24.7. The van der Waals surface area contributed by atoms with Gasteiger partial charge in [-0.05, 0) is 60.9 Å². The fourth-order valence-corrected chi connectivity index (χ4v) is 5.49. The Balaban J connectivity index is 1.47. The largest absolute Gasteiger partial charge is 0.507 e. The number of ketones is 1. The van der Waals surface area contributed by atoms with Crippen LogP contribution in [0.1, 0.15) is 36.1 Å². The maximum atomic E-state index is 13.5. The van der Waals surface area contributed by atoms with E-state index >= 15 is 0 Å². The monoisotopic (exact) mass is 586 g/mol. The molecule has 0 radical (unpaired) electrons. The number of amides is 1. The van der Waals surface area contributed by atoms with E-state index < -0.39 is 17.7 Å². The molecule has 1 N–H and O–H groups in total. The molecule has 2 aliphatic rings. The van der Waals surface area contributed by atoms with Gasteiger partial charge in [0.25, 0.3) is 11.7 Å². The second-order valence-corrected chi connectivity index (χ2v) is 10.4. The molecule has 1 amide bonds. The van der Waals surface area contributed by atoms with Crippen molar-refractivity contribution in [2.24, 2.45) is 0 Å². The summed E-state index contributed by atoms with van der Waals surface area (Å²) in [7, 11) is 1.55. The summed E-state index contributed by atoms with van der Waals surface area (Å²) in [6.07, 6.45) is 0.669. The van der Waals surface area contributed by atoms with Gasteiger partial charge >= 0.3 is 0 Å². The molecule has 0 aliphatic carbocycles. The molecule has 9 nitrogen and oxygen atoms in total. The molecule has 2 fully saturated rings. The lowest BCUT2D eigenvalue weighted by Crippen LogP contribution is -2.39. The van der Waals surface area contributed by atoms with Crippen LogP contribution in [0.4, 0.5) is 0 Å². The average Bonchev–Trinajstić information content (AvgIpc) is 3.30. The van der Waals surface area contributed by atoms with Gasteiger partial charge in [-0.15, -0.1) is 0 Å². The Morgan fingerprint density at radius 1 is 0.930 bits per heavy atom. The summed E-state index contributed by atoms with van der Waals surface area (Å²) < 4.78 is 22.7. The maximum Gasteiger partial charge on any atom is 0.295 e. The summed E-state index contributed by atoms with van der Waals surface area (Å²) >= 11 is 0. The minimum Gasteiger partial charge on any atom is -0.507 e. The van der Waals surface area contributed by atoms with E-state index in [4.69, 9.17) is 18.9 Å². The molecule has 2 saturated heterocycles. The van der Waals surface area contributed by atoms with Crippen molar-refractivity contribution in [1.82, 2.24) is 9.80 Å². The number of Topliss-reactive ketones (excluding diaryl/α,β-unsaturated/α-hetero) is 1. The van der Waals surface area contributed by atoms with Gasteiger partial charge in [0.05, 0.1) is 38.5 Å². The molecule has 1 atom stereocenters. The molecule has 0 spiro atoms. The Morgan fingerprint density at radius 2 is 1.67 bits per heavy atom. The highest BCUT2D eigenvalue weighted by Gasteiger charge is 2.46. The number of hydrogen-bond donors (Lipinski definition) is 1. The molecule has 2 heterocycles. The van der Waals surface area contributed by atoms with Crippen molar-refractivity contribution in [2.75, 3.05) is 53.1 Å². The van der Waals surface area contributed by atoms with Crippen LogP contribution in [0.15, 0.2) is 78.4 Å². The number of rotatable bonds is 12. The molecule has 3 aromatic rings. The minimum atomic E-state index is -0.798. The molecular weight excluding hydrogens is 548 g/mol. The van der Waals surface area contributed by atoms with Gasteiger partial charge in [0.1, 0.15) is 18.1 Å². The quantitative estimate of drug-likeness (QED) is 0.183. The van der Waals surface area contributed by atoms with Crippen molar-refractivity contribution < 1.29 is 33.6 Å². The first-order valence-corrected chi connectivity index (χ1v) is 14.7. The zero-order chi connectivity index (χ0) is 30.2. The fourth-order valence-electron chi connectivity index (χ4n) is 5.49. The van der Waals surface area contributed by atoms with Gasteiger partial charge in [-0.3, -0.25) is 14.5 Å². The molecule has 5 rings (SSSR count). The SMILES string of the molecule is CCOc1ccc(C(O)=C2C(=O)C(=O)N(CCCN3CCOCC3)C2c2ccc(OCc3ccccc3)c(OC)c2)cc1. The smallest absolute Gasteiger partial charge is 0.295 e. The summed E-state index contributed by atoms with van der Waals surface area (Å²) in [5.41, 5.74) is 2.12. The Labute approximate surface area is 252 Å². The van der Waals surface area contributed by atoms with Crippen LogP contribution < -0.4 is 14.2 Å². The molecule has 2 aliphatic heterocycles. The van der Waals surface area contributed by atoms with Crippen LogP contribution in [0.5, 0.6) is 17.2 Å². The minimum absolute atomic E-state index is 0.0422. The number of carbonyl (C=O) groups is 2. The lowest BCUT2D eigenvalue weighted by molar-refractivity contribution is -0.140. The van der Waals surface area contributed by atoms with E-state index in [1.807, 2.05) is 43.3 Å². The highest BCUT2D eigenvalue weighted by atomic mass is 16.5. The number of benzene rings is 3. The Morgan fingerprint density at radius 3 is 2.37 bits per heavy atom. The van der Waals surface area contributed by atoms with Gasteiger partial charge in [0.2, 0.25) is 0 Å². The first-order valence-electron chi connectivity index (χ1n) is 14.7. The first-order chi connectivity index (χ1) is 21.0. The number of likely N-dealkylation sites (tertiary alicyclic amines) is 1. The maximum absolute atomic E-state index is 13.5. The Bertz CT molecular complexity index is 1430. The van der Waals surface area contributed by atoms with Gasteiger partial charge in [-0.1, -0.05) is 36.4 Å². The van der Waals surface area contributed by atoms with Gasteiger partial charge in [-0.2, -0.15) is 0 Å². The first kappa shape index (κ1) is 30.1. The van der Waals surface area contributed by atoms with E-state index in [2.05, 4.69) is 4.90 Å². The van der Waals surface area contributed by atoms with Gasteiger partial charge < -0.3 is 29.0 Å². The second-order valence-electron chi connectivity index (χ2n) is 10.4. The van der Waals surface area contributed by atoms with Crippen molar-refractivity contribution in [2.45, 2.75) is 26.0 Å². The van der Waals surface area contributed by atoms with Crippen LogP contribution in [0, 0.1) is 0 Å². The van der Waals surface area contributed by atoms with Crippen molar-refractivity contribution in [3.8, 4) is 17.2 Å². The predicted molar refractivity (Wildman–Crippen MR) is 162 cm³/mol. The van der Waals surface area contributed by atoms with Crippen molar-refractivity contribution in [3.05, 3.63) is 95.1 Å². The zero-order valence-corrected chi connectivity index (χ0v) is 24.7. The number of ether oxygens (including phenoxy) is 4. The summed E-state index contributed by atoms with van der Waals surface area (Å²) in [5, 5.41) is 11.5. The van der Waals surface area contributed by atoms with Gasteiger partial charge in [-0.25, -0.2) is 0 Å². The molecule has 0 aromatic heterocycles. The van der Waals surface area contributed by atoms with Crippen LogP contribution in [-0.4, -0.2) is 79.7 Å². The summed E-state index contributed by atoms with van der Waals surface area (Å²) in [5.74, 6) is 0.0636. The number of nitrogens with zero attached hydrogens (tertiary/aromatic N) is 2. The predicted octanol–water partition coefficient (Wildman–Crippen LogP) is 4.82. The molecule has 3 aromatic carbocycles. The number of aliphatic hydroxyl groups excluding tert-OH is 1. The number of hydrogen-bond acceptors (Lipinski definition) is 8. The number of morpholine rings is 1. The number of methoxy groups -OCH3 is 1. The number of aliphatic hydroxyl groups is 1. The summed E-state index contributed by atoms with van der Waals surface area (Å²) in [6, 6.07) is 21.2. The van der Waals surface area contributed by atoms with Gasteiger partial charge in [0, 0.05) is 31.7 Å². The second kappa shape index (κ2) is 14.2. The summed E-state index contributed by atoms with van der Waals surface area (Å²) in [4.78, 5) is 30.8. The van der Waals surface area contributed by atoms with E-state index in [-0.39, 0.29) is 11.3 Å². The molecule has 43 heavy (non-hydrogen) atoms. The Kier molecular flexibility index (Phi) is 9.96. The van der Waals surface area contributed by atoms with Crippen LogP contribution in [0.3, 0.4) is 0 Å². The van der Waals surface area contributed by atoms with Crippen LogP contribution in [0.2, 0.25) is 0 Å². The Hall–Kier alpha value is -4.34. The average molecular weight is 587 g/mol. The molecule has 226 valence electrons. The lowest BCUT2D eigenvalue weighted by Gasteiger charge is -2.29. The van der Waals surface area contributed by atoms with Crippen molar-refractivity contribution in [3.63, 3.8) is 0 Å². The normalized spacial score (nSPS) is 18.6. The van der Waals surface area contributed by atoms with Crippen molar-refractivity contribution in [1.29, 1.82) is 0 Å². The third-order valence-corrected chi connectivity index (χ3v) is 7.70. The molecule has 9 heteroatoms.